The second-order valence-corrected chi connectivity index (χ2v) is 5.60. The molecule has 0 radical (unpaired) electrons. The SMILES string of the molecule is CC(C)(C)OC(=O)NCCC(=O)OCC1=CCCC=C1. The number of esters is 1. The number of amides is 1. The Bertz CT molecular complexity index is 405. The average molecular weight is 281 g/mol. The van der Waals surface area contributed by atoms with Crippen molar-refractivity contribution in [2.24, 2.45) is 0 Å². The molecule has 1 aliphatic carbocycles. The van der Waals surface area contributed by atoms with Crippen molar-refractivity contribution in [3.8, 4) is 0 Å². The summed E-state index contributed by atoms with van der Waals surface area (Å²) in [5.74, 6) is -0.332. The van der Waals surface area contributed by atoms with Crippen LogP contribution in [0.2, 0.25) is 0 Å². The van der Waals surface area contributed by atoms with E-state index in [2.05, 4.69) is 17.5 Å². The number of nitrogens with one attached hydrogen (secondary N) is 1. The Balaban J connectivity index is 2.12. The molecule has 112 valence electrons. The second kappa shape index (κ2) is 7.72. The summed E-state index contributed by atoms with van der Waals surface area (Å²) < 4.78 is 10.2. The van der Waals surface area contributed by atoms with Gasteiger partial charge in [-0.25, -0.2) is 4.79 Å². The fourth-order valence-corrected chi connectivity index (χ4v) is 1.59. The van der Waals surface area contributed by atoms with Gasteiger partial charge in [-0.3, -0.25) is 4.79 Å². The summed E-state index contributed by atoms with van der Waals surface area (Å²) in [4.78, 5) is 22.8. The normalized spacial score (nSPS) is 14.4. The van der Waals surface area contributed by atoms with Crippen molar-refractivity contribution < 1.29 is 19.1 Å². The van der Waals surface area contributed by atoms with E-state index in [9.17, 15) is 9.59 Å². The third kappa shape index (κ3) is 7.61. The van der Waals surface area contributed by atoms with Crippen molar-refractivity contribution in [2.45, 2.75) is 45.6 Å². The Morgan fingerprint density at radius 1 is 1.30 bits per heavy atom. The first kappa shape index (κ1) is 16.3. The maximum absolute atomic E-state index is 11.5. The van der Waals surface area contributed by atoms with E-state index in [1.54, 1.807) is 20.8 Å². The zero-order chi connectivity index (χ0) is 15.0. The highest BCUT2D eigenvalue weighted by Crippen LogP contribution is 2.10. The van der Waals surface area contributed by atoms with Crippen LogP contribution in [0.15, 0.2) is 23.8 Å². The van der Waals surface area contributed by atoms with Gasteiger partial charge < -0.3 is 14.8 Å². The molecule has 0 saturated carbocycles. The molecule has 0 aromatic heterocycles. The van der Waals surface area contributed by atoms with Gasteiger partial charge in [0.2, 0.25) is 0 Å². The van der Waals surface area contributed by atoms with Gasteiger partial charge in [0.05, 0.1) is 6.42 Å². The molecule has 0 fully saturated rings. The van der Waals surface area contributed by atoms with Gasteiger partial charge >= 0.3 is 12.1 Å². The standard InChI is InChI=1S/C15H23NO4/c1-15(2,3)20-14(18)16-10-9-13(17)19-11-12-7-5-4-6-8-12/h5,7-8H,4,6,9-11H2,1-3H3,(H,16,18). The molecule has 0 aliphatic heterocycles. The molecule has 1 N–H and O–H groups in total. The molecule has 5 nitrogen and oxygen atoms in total. The molecule has 0 bridgehead atoms. The number of hydrogen-bond acceptors (Lipinski definition) is 4. The van der Waals surface area contributed by atoms with Gasteiger partial charge in [0.15, 0.2) is 0 Å². The molecule has 0 heterocycles. The van der Waals surface area contributed by atoms with E-state index < -0.39 is 11.7 Å². The van der Waals surface area contributed by atoms with E-state index in [1.807, 2.05) is 6.08 Å². The number of alkyl carbamates (subject to hydrolysis) is 1. The number of carbonyl (C=O) groups excluding carboxylic acids is 2. The third-order valence-corrected chi connectivity index (χ3v) is 2.47. The van der Waals surface area contributed by atoms with Crippen molar-refractivity contribution >= 4 is 12.1 Å². The molecule has 0 aromatic rings. The largest absolute Gasteiger partial charge is 0.461 e. The molecule has 20 heavy (non-hydrogen) atoms. The lowest BCUT2D eigenvalue weighted by atomic mass is 10.1. The fourth-order valence-electron chi connectivity index (χ4n) is 1.59. The van der Waals surface area contributed by atoms with Crippen LogP contribution in [-0.2, 0) is 14.3 Å². The van der Waals surface area contributed by atoms with Gasteiger partial charge in [0, 0.05) is 6.54 Å². The van der Waals surface area contributed by atoms with Crippen LogP contribution in [0.3, 0.4) is 0 Å². The summed E-state index contributed by atoms with van der Waals surface area (Å²) in [6.07, 6.45) is 7.73. The number of hydrogen-bond donors (Lipinski definition) is 1. The van der Waals surface area contributed by atoms with Crippen LogP contribution in [0.5, 0.6) is 0 Å². The molecule has 0 atom stereocenters. The summed E-state index contributed by atoms with van der Waals surface area (Å²) in [7, 11) is 0. The number of rotatable bonds is 5. The number of ether oxygens (including phenoxy) is 2. The van der Waals surface area contributed by atoms with Gasteiger partial charge in [0.25, 0.3) is 0 Å². The summed E-state index contributed by atoms with van der Waals surface area (Å²) in [6, 6.07) is 0. The van der Waals surface area contributed by atoms with E-state index in [-0.39, 0.29) is 18.9 Å². The van der Waals surface area contributed by atoms with E-state index in [0.717, 1.165) is 18.4 Å². The smallest absolute Gasteiger partial charge is 0.407 e. The molecule has 1 rings (SSSR count). The topological polar surface area (TPSA) is 64.6 Å². The first-order valence-electron chi connectivity index (χ1n) is 6.85. The fraction of sp³-hybridized carbons (Fsp3) is 0.600. The molecule has 5 heteroatoms. The third-order valence-electron chi connectivity index (χ3n) is 2.47. The van der Waals surface area contributed by atoms with Crippen LogP contribution in [-0.4, -0.2) is 30.8 Å². The highest BCUT2D eigenvalue weighted by Gasteiger charge is 2.16. The predicted octanol–water partition coefficient (Wildman–Crippen LogP) is 2.72. The molecular formula is C15H23NO4. The Hall–Kier alpha value is -1.78. The average Bonchev–Trinajstić information content (AvgIpc) is 2.35. The number of allylic oxidation sites excluding steroid dienone is 2. The lowest BCUT2D eigenvalue weighted by Gasteiger charge is -2.19. The maximum atomic E-state index is 11.5. The first-order chi connectivity index (χ1) is 9.37. The molecule has 0 unspecified atom stereocenters. The van der Waals surface area contributed by atoms with E-state index >= 15 is 0 Å². The highest BCUT2D eigenvalue weighted by atomic mass is 16.6. The Morgan fingerprint density at radius 3 is 2.65 bits per heavy atom. The van der Waals surface area contributed by atoms with Gasteiger partial charge in [-0.15, -0.1) is 0 Å². The Kier molecular flexibility index (Phi) is 6.28. The molecule has 0 spiro atoms. The van der Waals surface area contributed by atoms with Crippen LogP contribution < -0.4 is 5.32 Å². The quantitative estimate of drug-likeness (QED) is 0.787. The van der Waals surface area contributed by atoms with Crippen LogP contribution in [0.25, 0.3) is 0 Å². The van der Waals surface area contributed by atoms with Gasteiger partial charge in [-0.1, -0.05) is 18.2 Å². The van der Waals surface area contributed by atoms with Gasteiger partial charge in [-0.05, 0) is 39.2 Å². The molecule has 1 amide bonds. The van der Waals surface area contributed by atoms with Crippen molar-refractivity contribution in [3.63, 3.8) is 0 Å². The van der Waals surface area contributed by atoms with Crippen molar-refractivity contribution in [2.75, 3.05) is 13.2 Å². The van der Waals surface area contributed by atoms with Crippen molar-refractivity contribution in [3.05, 3.63) is 23.8 Å². The van der Waals surface area contributed by atoms with Crippen LogP contribution in [0.4, 0.5) is 4.79 Å². The van der Waals surface area contributed by atoms with Crippen LogP contribution >= 0.6 is 0 Å². The zero-order valence-corrected chi connectivity index (χ0v) is 12.4. The minimum Gasteiger partial charge on any atom is -0.461 e. The summed E-state index contributed by atoms with van der Waals surface area (Å²) in [5.41, 5.74) is 0.481. The lowest BCUT2D eigenvalue weighted by molar-refractivity contribution is -0.142. The van der Waals surface area contributed by atoms with Crippen LogP contribution in [0, 0.1) is 0 Å². The predicted molar refractivity (Wildman–Crippen MR) is 76.3 cm³/mol. The molecule has 0 saturated heterocycles. The zero-order valence-electron chi connectivity index (χ0n) is 12.4. The van der Waals surface area contributed by atoms with Gasteiger partial charge in [-0.2, -0.15) is 0 Å². The van der Waals surface area contributed by atoms with Crippen molar-refractivity contribution in [1.29, 1.82) is 0 Å². The van der Waals surface area contributed by atoms with E-state index in [4.69, 9.17) is 9.47 Å². The second-order valence-electron chi connectivity index (χ2n) is 5.60. The maximum Gasteiger partial charge on any atom is 0.407 e. The summed E-state index contributed by atoms with van der Waals surface area (Å²) in [5, 5.41) is 2.52. The highest BCUT2D eigenvalue weighted by molar-refractivity contribution is 5.72. The lowest BCUT2D eigenvalue weighted by Crippen LogP contribution is -2.33. The summed E-state index contributed by atoms with van der Waals surface area (Å²) in [6.45, 7) is 5.86. The molecule has 1 aliphatic rings. The van der Waals surface area contributed by atoms with E-state index in [1.165, 1.54) is 0 Å². The van der Waals surface area contributed by atoms with Crippen molar-refractivity contribution in [1.82, 2.24) is 5.32 Å². The molecular weight excluding hydrogens is 258 g/mol. The molecule has 0 aromatic carbocycles. The van der Waals surface area contributed by atoms with Crippen LogP contribution in [0.1, 0.15) is 40.0 Å². The minimum absolute atomic E-state index is 0.135. The van der Waals surface area contributed by atoms with Gasteiger partial charge in [0.1, 0.15) is 12.2 Å². The number of carbonyl (C=O) groups is 2. The Morgan fingerprint density at radius 2 is 2.05 bits per heavy atom. The minimum atomic E-state index is -0.537. The van der Waals surface area contributed by atoms with E-state index in [0.29, 0.717) is 6.61 Å². The first-order valence-corrected chi connectivity index (χ1v) is 6.85. The summed E-state index contributed by atoms with van der Waals surface area (Å²) >= 11 is 0. The monoisotopic (exact) mass is 281 g/mol. The Labute approximate surface area is 120 Å².